The number of thiazole rings is 1. The van der Waals surface area contributed by atoms with Gasteiger partial charge in [0.2, 0.25) is 0 Å². The van der Waals surface area contributed by atoms with E-state index < -0.39 is 12.1 Å². The minimum Gasteiger partial charge on any atom is -0.496 e. The molecule has 1 aromatic heterocycles. The highest BCUT2D eigenvalue weighted by atomic mass is 32.1. The molecule has 2 atom stereocenters. The van der Waals surface area contributed by atoms with Crippen LogP contribution in [-0.4, -0.2) is 52.5 Å². The van der Waals surface area contributed by atoms with Gasteiger partial charge in [0.05, 0.1) is 35.3 Å². The summed E-state index contributed by atoms with van der Waals surface area (Å²) in [6, 6.07) is 12.9. The molecule has 1 aliphatic heterocycles. The fourth-order valence-electron chi connectivity index (χ4n) is 4.40. The molecule has 0 saturated carbocycles. The first-order chi connectivity index (χ1) is 15.9. The highest BCUT2D eigenvalue weighted by molar-refractivity contribution is 7.13. The Hall–Kier alpha value is -3.03. The van der Waals surface area contributed by atoms with Crippen LogP contribution in [0.1, 0.15) is 40.0 Å². The number of carbonyl (C=O) groups excluding carboxylic acids is 2. The van der Waals surface area contributed by atoms with Crippen LogP contribution in [0.25, 0.3) is 10.4 Å². The fraction of sp³-hybridized carbons (Fsp3) is 0.346. The first kappa shape index (κ1) is 23.1. The van der Waals surface area contributed by atoms with Gasteiger partial charge in [-0.15, -0.1) is 11.3 Å². The Bertz CT molecular complexity index is 1160. The van der Waals surface area contributed by atoms with Crippen LogP contribution in [0.15, 0.2) is 48.0 Å². The monoisotopic (exact) mass is 464 g/mol. The first-order valence-corrected chi connectivity index (χ1v) is 11.9. The predicted molar refractivity (Wildman–Crippen MR) is 129 cm³/mol. The van der Waals surface area contributed by atoms with Gasteiger partial charge < -0.3 is 14.7 Å². The summed E-state index contributed by atoms with van der Waals surface area (Å²) in [5.41, 5.74) is 6.26. The Balaban J connectivity index is 1.44. The number of rotatable bonds is 7. The van der Waals surface area contributed by atoms with Crippen molar-refractivity contribution in [3.8, 4) is 16.2 Å². The number of benzene rings is 2. The van der Waals surface area contributed by atoms with E-state index in [1.54, 1.807) is 36.6 Å². The van der Waals surface area contributed by atoms with Crippen LogP contribution in [0.4, 0.5) is 0 Å². The van der Waals surface area contributed by atoms with Crippen molar-refractivity contribution in [1.82, 2.24) is 9.88 Å². The number of aromatic nitrogens is 1. The van der Waals surface area contributed by atoms with Gasteiger partial charge in [-0.25, -0.2) is 4.98 Å². The van der Waals surface area contributed by atoms with Gasteiger partial charge in [-0.05, 0) is 43.5 Å². The summed E-state index contributed by atoms with van der Waals surface area (Å²) in [4.78, 5) is 33.3. The van der Waals surface area contributed by atoms with Gasteiger partial charge in [0.25, 0.3) is 5.91 Å². The van der Waals surface area contributed by atoms with Crippen molar-refractivity contribution in [3.63, 3.8) is 0 Å². The molecule has 0 bridgehead atoms. The van der Waals surface area contributed by atoms with Crippen LogP contribution in [0.2, 0.25) is 0 Å². The number of hydrogen-bond acceptors (Lipinski definition) is 6. The summed E-state index contributed by atoms with van der Waals surface area (Å²) in [6.07, 6.45) is 0.484. The molecule has 2 heterocycles. The van der Waals surface area contributed by atoms with E-state index in [2.05, 4.69) is 17.1 Å². The summed E-state index contributed by atoms with van der Waals surface area (Å²) in [6.45, 7) is 3.98. The van der Waals surface area contributed by atoms with Gasteiger partial charge in [0.15, 0.2) is 5.78 Å². The van der Waals surface area contributed by atoms with Crippen LogP contribution in [0, 0.1) is 13.8 Å². The average Bonchev–Trinajstić information content (AvgIpc) is 3.43. The van der Waals surface area contributed by atoms with Gasteiger partial charge in [0, 0.05) is 30.5 Å². The number of amides is 1. The molecule has 33 heavy (non-hydrogen) atoms. The van der Waals surface area contributed by atoms with E-state index in [-0.39, 0.29) is 24.7 Å². The molecule has 0 aliphatic carbocycles. The average molecular weight is 465 g/mol. The molecule has 172 valence electrons. The minimum atomic E-state index is -0.698. The molecule has 6 nitrogen and oxygen atoms in total. The van der Waals surface area contributed by atoms with Crippen LogP contribution in [0.5, 0.6) is 5.75 Å². The number of likely N-dealkylation sites (tertiary alicyclic amines) is 1. The second kappa shape index (κ2) is 9.85. The number of carbonyl (C=O) groups is 2. The van der Waals surface area contributed by atoms with Crippen molar-refractivity contribution >= 4 is 23.0 Å². The molecule has 1 saturated heterocycles. The number of Topliss-reactive ketones (excluding diaryl/α,β-unsaturated/α-hetero) is 1. The van der Waals surface area contributed by atoms with Crippen molar-refractivity contribution in [2.24, 2.45) is 0 Å². The van der Waals surface area contributed by atoms with Crippen LogP contribution in [0.3, 0.4) is 0 Å². The molecule has 7 heteroatoms. The molecule has 4 rings (SSSR count). The van der Waals surface area contributed by atoms with Crippen LogP contribution >= 0.6 is 11.3 Å². The fourth-order valence-corrected chi connectivity index (χ4v) is 5.21. The Labute approximate surface area is 197 Å². The predicted octanol–water partition coefficient (Wildman–Crippen LogP) is 4.21. The summed E-state index contributed by atoms with van der Waals surface area (Å²) < 4.78 is 5.33. The molecule has 1 amide bonds. The summed E-state index contributed by atoms with van der Waals surface area (Å²) >= 11 is 1.61. The number of aliphatic hydroxyl groups is 1. The molecule has 1 fully saturated rings. The second-order valence-electron chi connectivity index (χ2n) is 8.43. The lowest BCUT2D eigenvalue weighted by Crippen LogP contribution is -2.41. The number of aliphatic hydroxyl groups excluding tert-OH is 1. The molecule has 3 aromatic rings. The van der Waals surface area contributed by atoms with Crippen LogP contribution in [-0.2, 0) is 11.2 Å². The zero-order valence-electron chi connectivity index (χ0n) is 19.1. The van der Waals surface area contributed by atoms with E-state index in [1.807, 2.05) is 31.5 Å². The maximum absolute atomic E-state index is 13.3. The topological polar surface area (TPSA) is 79.7 Å². The van der Waals surface area contributed by atoms with E-state index in [0.29, 0.717) is 24.2 Å². The largest absolute Gasteiger partial charge is 0.496 e. The van der Waals surface area contributed by atoms with Gasteiger partial charge in [0.1, 0.15) is 5.75 Å². The standard InChI is InChI=1S/C26H28N2O4S/c1-16-21(5-4-6-24(16)32-3)26(31)28-14-20(29)13-22(28)23(30)12-9-18-7-10-19(11-8-18)25-17(2)27-15-33-25/h4-8,10-11,15,20,22,29H,9,12-14H2,1-3H3/t20-,22+/m1/s1. The molecule has 0 unspecified atom stereocenters. The Kier molecular flexibility index (Phi) is 6.91. The highest BCUT2D eigenvalue weighted by Crippen LogP contribution is 2.29. The van der Waals surface area contributed by atoms with E-state index in [0.717, 1.165) is 27.3 Å². The zero-order valence-corrected chi connectivity index (χ0v) is 19.9. The quantitative estimate of drug-likeness (QED) is 0.567. The van der Waals surface area contributed by atoms with Crippen molar-refractivity contribution in [1.29, 1.82) is 0 Å². The van der Waals surface area contributed by atoms with Crippen molar-refractivity contribution in [2.75, 3.05) is 13.7 Å². The van der Waals surface area contributed by atoms with Gasteiger partial charge >= 0.3 is 0 Å². The maximum atomic E-state index is 13.3. The van der Waals surface area contributed by atoms with Crippen LogP contribution < -0.4 is 4.74 Å². The van der Waals surface area contributed by atoms with Gasteiger partial charge in [-0.3, -0.25) is 9.59 Å². The zero-order chi connectivity index (χ0) is 23.5. The number of hydrogen-bond donors (Lipinski definition) is 1. The van der Waals surface area contributed by atoms with Gasteiger partial charge in [-0.1, -0.05) is 30.3 Å². The summed E-state index contributed by atoms with van der Waals surface area (Å²) in [5, 5.41) is 10.2. The molecular formula is C26H28N2O4S. The van der Waals surface area contributed by atoms with E-state index in [1.165, 1.54) is 4.90 Å². The van der Waals surface area contributed by atoms with Crippen molar-refractivity contribution < 1.29 is 19.4 Å². The number of ketones is 1. The SMILES string of the molecule is COc1cccc(C(=O)N2C[C@H](O)C[C@H]2C(=O)CCc2ccc(-c3scnc3C)cc2)c1C. The normalized spacial score (nSPS) is 17.9. The number of ether oxygens (including phenoxy) is 1. The third-order valence-corrected chi connectivity index (χ3v) is 7.25. The maximum Gasteiger partial charge on any atom is 0.254 e. The van der Waals surface area contributed by atoms with Crippen molar-refractivity contribution in [3.05, 3.63) is 70.4 Å². The van der Waals surface area contributed by atoms with Crippen molar-refractivity contribution in [2.45, 2.75) is 45.3 Å². The molecular weight excluding hydrogens is 436 g/mol. The number of β-amino-alcohol motifs (C(OH)–C–C–N with tert-alkyl or cyclic N) is 1. The molecule has 0 radical (unpaired) electrons. The Morgan fingerprint density at radius 3 is 2.61 bits per heavy atom. The number of aryl methyl sites for hydroxylation is 2. The lowest BCUT2D eigenvalue weighted by atomic mass is 9.99. The third-order valence-electron chi connectivity index (χ3n) is 6.27. The summed E-state index contributed by atoms with van der Waals surface area (Å²) in [7, 11) is 1.56. The first-order valence-electron chi connectivity index (χ1n) is 11.0. The molecule has 2 aromatic carbocycles. The Morgan fingerprint density at radius 1 is 1.18 bits per heavy atom. The van der Waals surface area contributed by atoms with E-state index in [4.69, 9.17) is 4.74 Å². The van der Waals surface area contributed by atoms with E-state index >= 15 is 0 Å². The third kappa shape index (κ3) is 4.84. The lowest BCUT2D eigenvalue weighted by molar-refractivity contribution is -0.122. The minimum absolute atomic E-state index is 0.0252. The molecule has 1 aliphatic rings. The van der Waals surface area contributed by atoms with E-state index in [9.17, 15) is 14.7 Å². The Morgan fingerprint density at radius 2 is 1.94 bits per heavy atom. The summed E-state index contributed by atoms with van der Waals surface area (Å²) in [5.74, 6) is 0.355. The molecule has 0 spiro atoms. The number of nitrogens with zero attached hydrogens (tertiary/aromatic N) is 2. The molecule has 1 N–H and O–H groups in total. The lowest BCUT2D eigenvalue weighted by Gasteiger charge is -2.24. The highest BCUT2D eigenvalue weighted by Gasteiger charge is 2.39. The number of methoxy groups -OCH3 is 1. The van der Waals surface area contributed by atoms with Gasteiger partial charge in [-0.2, -0.15) is 0 Å². The second-order valence-corrected chi connectivity index (χ2v) is 9.28. The smallest absolute Gasteiger partial charge is 0.254 e.